The molecule has 1 atom stereocenters. The maximum Gasteiger partial charge on any atom is 0.263 e. The molecular weight excluding hydrogens is 408 g/mol. The van der Waals surface area contributed by atoms with Crippen LogP contribution >= 0.6 is 11.3 Å². The van der Waals surface area contributed by atoms with Crippen LogP contribution < -0.4 is 5.56 Å². The number of ketones is 1. The SMILES string of the molecule is CC1CCc2c(sc3nc(CN(C)C)n(CC(=O)c4c[nH]c5ccccc45)c(=O)c23)C1. The van der Waals surface area contributed by atoms with E-state index in [9.17, 15) is 9.59 Å². The highest BCUT2D eigenvalue weighted by Crippen LogP contribution is 2.36. The molecule has 3 aromatic heterocycles. The van der Waals surface area contributed by atoms with E-state index in [1.165, 1.54) is 4.88 Å². The minimum absolute atomic E-state index is 0.00613. The van der Waals surface area contributed by atoms with E-state index in [1.54, 1.807) is 22.1 Å². The monoisotopic (exact) mass is 434 g/mol. The van der Waals surface area contributed by atoms with Gasteiger partial charge in [0.1, 0.15) is 10.7 Å². The maximum absolute atomic E-state index is 13.7. The van der Waals surface area contributed by atoms with Crippen molar-refractivity contribution in [2.45, 2.75) is 39.3 Å². The van der Waals surface area contributed by atoms with Gasteiger partial charge in [-0.15, -0.1) is 11.3 Å². The van der Waals surface area contributed by atoms with Crippen molar-refractivity contribution in [2.75, 3.05) is 14.1 Å². The molecule has 7 heteroatoms. The summed E-state index contributed by atoms with van der Waals surface area (Å²) in [4.78, 5) is 39.1. The van der Waals surface area contributed by atoms with Crippen molar-refractivity contribution in [2.24, 2.45) is 5.92 Å². The number of aromatic nitrogens is 3. The van der Waals surface area contributed by atoms with Crippen LogP contribution in [0.5, 0.6) is 0 Å². The van der Waals surface area contributed by atoms with Gasteiger partial charge in [-0.25, -0.2) is 4.98 Å². The van der Waals surface area contributed by atoms with Gasteiger partial charge in [0.25, 0.3) is 5.56 Å². The molecule has 0 amide bonds. The highest BCUT2D eigenvalue weighted by molar-refractivity contribution is 7.18. The van der Waals surface area contributed by atoms with Gasteiger partial charge >= 0.3 is 0 Å². The minimum Gasteiger partial charge on any atom is -0.360 e. The second-order valence-electron chi connectivity index (χ2n) is 8.86. The number of nitrogens with zero attached hydrogens (tertiary/aromatic N) is 3. The average molecular weight is 435 g/mol. The van der Waals surface area contributed by atoms with Crippen LogP contribution in [-0.4, -0.2) is 39.3 Å². The maximum atomic E-state index is 13.7. The van der Waals surface area contributed by atoms with Gasteiger partial charge in [-0.2, -0.15) is 0 Å². The summed E-state index contributed by atoms with van der Waals surface area (Å²) in [5, 5.41) is 1.60. The van der Waals surface area contributed by atoms with Crippen LogP contribution in [0.4, 0.5) is 0 Å². The number of para-hydroxylation sites is 1. The van der Waals surface area contributed by atoms with Crippen molar-refractivity contribution in [3.05, 3.63) is 62.6 Å². The van der Waals surface area contributed by atoms with Crippen molar-refractivity contribution < 1.29 is 4.79 Å². The lowest BCUT2D eigenvalue weighted by Crippen LogP contribution is -2.31. The molecule has 5 rings (SSSR count). The molecule has 6 nitrogen and oxygen atoms in total. The number of nitrogens with one attached hydrogen (secondary N) is 1. The first-order chi connectivity index (χ1) is 14.9. The molecule has 160 valence electrons. The fraction of sp³-hybridized carbons (Fsp3) is 0.375. The summed E-state index contributed by atoms with van der Waals surface area (Å²) in [5.41, 5.74) is 2.60. The number of rotatable bonds is 5. The second kappa shape index (κ2) is 7.73. The van der Waals surface area contributed by atoms with Gasteiger partial charge in [0.15, 0.2) is 5.78 Å². The van der Waals surface area contributed by atoms with Crippen LogP contribution in [0.25, 0.3) is 21.1 Å². The zero-order valence-electron chi connectivity index (χ0n) is 18.1. The smallest absolute Gasteiger partial charge is 0.263 e. The largest absolute Gasteiger partial charge is 0.360 e. The zero-order valence-corrected chi connectivity index (χ0v) is 18.9. The van der Waals surface area contributed by atoms with E-state index < -0.39 is 0 Å². The number of hydrogen-bond acceptors (Lipinski definition) is 5. The molecular formula is C24H26N4O2S. The Morgan fingerprint density at radius 2 is 2.13 bits per heavy atom. The van der Waals surface area contributed by atoms with E-state index in [2.05, 4.69) is 11.9 Å². The van der Waals surface area contributed by atoms with Crippen molar-refractivity contribution in [1.29, 1.82) is 0 Å². The molecule has 0 radical (unpaired) electrons. The fourth-order valence-corrected chi connectivity index (χ4v) is 5.96. The number of carbonyl (C=O) groups excluding carboxylic acids is 1. The second-order valence-corrected chi connectivity index (χ2v) is 9.94. The molecule has 1 aliphatic rings. The molecule has 0 saturated heterocycles. The van der Waals surface area contributed by atoms with Gasteiger partial charge in [-0.1, -0.05) is 25.1 Å². The number of benzene rings is 1. The van der Waals surface area contributed by atoms with Crippen molar-refractivity contribution in [1.82, 2.24) is 19.4 Å². The van der Waals surface area contributed by atoms with E-state index in [1.807, 2.05) is 43.3 Å². The average Bonchev–Trinajstić information content (AvgIpc) is 3.31. The summed E-state index contributed by atoms with van der Waals surface area (Å²) in [5.74, 6) is 1.19. The number of H-pyrrole nitrogens is 1. The summed E-state index contributed by atoms with van der Waals surface area (Å²) in [6, 6.07) is 7.73. The van der Waals surface area contributed by atoms with E-state index in [4.69, 9.17) is 4.98 Å². The van der Waals surface area contributed by atoms with Gasteiger partial charge < -0.3 is 9.88 Å². The summed E-state index contributed by atoms with van der Waals surface area (Å²) >= 11 is 1.65. The predicted molar refractivity (Wildman–Crippen MR) is 125 cm³/mol. The van der Waals surface area contributed by atoms with E-state index in [-0.39, 0.29) is 17.9 Å². The quantitative estimate of drug-likeness (QED) is 0.482. The topological polar surface area (TPSA) is 71.0 Å². The number of fused-ring (bicyclic) bond motifs is 4. The molecule has 0 bridgehead atoms. The van der Waals surface area contributed by atoms with Gasteiger partial charge in [-0.05, 0) is 50.9 Å². The summed E-state index contributed by atoms with van der Waals surface area (Å²) < 4.78 is 1.59. The van der Waals surface area contributed by atoms with E-state index in [0.29, 0.717) is 23.9 Å². The third-order valence-electron chi connectivity index (χ3n) is 6.14. The van der Waals surface area contributed by atoms with Gasteiger partial charge in [0, 0.05) is 27.5 Å². The standard InChI is InChI=1S/C24H26N4O2S/c1-14-8-9-16-20(10-14)31-23-22(16)24(30)28(21(26-23)13-27(2)3)12-19(29)17-11-25-18-7-5-4-6-15(17)18/h4-7,11,14,25H,8-10,12-13H2,1-3H3. The lowest BCUT2D eigenvalue weighted by atomic mass is 9.89. The summed E-state index contributed by atoms with van der Waals surface area (Å²) in [7, 11) is 3.90. The Labute approximate surface area is 184 Å². The Morgan fingerprint density at radius 3 is 2.94 bits per heavy atom. The summed E-state index contributed by atoms with van der Waals surface area (Å²) in [6.07, 6.45) is 4.75. The molecule has 0 aliphatic heterocycles. The Bertz CT molecular complexity index is 1360. The fourth-order valence-electron chi connectivity index (χ4n) is 4.56. The van der Waals surface area contributed by atoms with Crippen LogP contribution in [0.15, 0.2) is 35.3 Å². The van der Waals surface area contributed by atoms with Crippen molar-refractivity contribution >= 4 is 38.2 Å². The van der Waals surface area contributed by atoms with Crippen LogP contribution in [-0.2, 0) is 25.9 Å². The molecule has 1 N–H and O–H groups in total. The molecule has 0 fully saturated rings. The van der Waals surface area contributed by atoms with E-state index in [0.717, 1.165) is 45.9 Å². The summed E-state index contributed by atoms with van der Waals surface area (Å²) in [6.45, 7) is 2.76. The molecule has 4 aromatic rings. The van der Waals surface area contributed by atoms with Crippen LogP contribution in [0.2, 0.25) is 0 Å². The first-order valence-electron chi connectivity index (χ1n) is 10.7. The van der Waals surface area contributed by atoms with Gasteiger partial charge in [0.05, 0.1) is 18.5 Å². The molecule has 0 saturated carbocycles. The first kappa shape index (κ1) is 20.2. The molecule has 0 spiro atoms. The highest BCUT2D eigenvalue weighted by atomic mass is 32.1. The Morgan fingerprint density at radius 1 is 1.32 bits per heavy atom. The lowest BCUT2D eigenvalue weighted by molar-refractivity contribution is 0.0970. The first-order valence-corrected chi connectivity index (χ1v) is 11.5. The number of aromatic amines is 1. The number of hydrogen-bond donors (Lipinski definition) is 1. The van der Waals surface area contributed by atoms with E-state index >= 15 is 0 Å². The number of Topliss-reactive ketones (excluding diaryl/α,β-unsaturated/α-hetero) is 1. The van der Waals surface area contributed by atoms with Gasteiger partial charge in [0.2, 0.25) is 0 Å². The van der Waals surface area contributed by atoms with Crippen LogP contribution in [0.1, 0.15) is 40.0 Å². The normalized spacial score (nSPS) is 16.3. The number of carbonyl (C=O) groups is 1. The highest BCUT2D eigenvalue weighted by Gasteiger charge is 2.25. The van der Waals surface area contributed by atoms with Gasteiger partial charge in [-0.3, -0.25) is 14.2 Å². The van der Waals surface area contributed by atoms with Crippen LogP contribution in [0.3, 0.4) is 0 Å². The Hall–Kier alpha value is -2.77. The molecule has 1 aromatic carbocycles. The minimum atomic E-state index is -0.0848. The molecule has 3 heterocycles. The Kier molecular flexibility index (Phi) is 5.02. The molecule has 1 unspecified atom stereocenters. The lowest BCUT2D eigenvalue weighted by Gasteiger charge is -2.18. The van der Waals surface area contributed by atoms with Crippen LogP contribution in [0, 0.1) is 5.92 Å². The third-order valence-corrected chi connectivity index (χ3v) is 7.29. The Balaban J connectivity index is 1.63. The number of aryl methyl sites for hydroxylation is 1. The third kappa shape index (κ3) is 3.51. The molecule has 31 heavy (non-hydrogen) atoms. The number of thiophene rings is 1. The predicted octanol–water partition coefficient (Wildman–Crippen LogP) is 4.01. The van der Waals surface area contributed by atoms with Crippen molar-refractivity contribution in [3.8, 4) is 0 Å². The van der Waals surface area contributed by atoms with Crippen molar-refractivity contribution in [3.63, 3.8) is 0 Å². The molecule has 1 aliphatic carbocycles. The zero-order chi connectivity index (χ0) is 21.7.